The van der Waals surface area contributed by atoms with Crippen molar-refractivity contribution in [3.05, 3.63) is 48.6 Å². The molecule has 1 aliphatic rings. The SMILES string of the molecule is C=CC(C(N)=O)(c1ccccc1)C1CCNC1. The monoisotopic (exact) mass is 230 g/mol. The maximum Gasteiger partial charge on any atom is 0.232 e. The lowest BCUT2D eigenvalue weighted by Gasteiger charge is -2.33. The van der Waals surface area contributed by atoms with Crippen LogP contribution in [0.2, 0.25) is 0 Å². The summed E-state index contributed by atoms with van der Waals surface area (Å²) in [5.74, 6) is -0.118. The van der Waals surface area contributed by atoms with Crippen molar-refractivity contribution in [3.63, 3.8) is 0 Å². The summed E-state index contributed by atoms with van der Waals surface area (Å²) < 4.78 is 0. The molecule has 1 aromatic carbocycles. The van der Waals surface area contributed by atoms with Gasteiger partial charge in [0.1, 0.15) is 0 Å². The van der Waals surface area contributed by atoms with Crippen LogP contribution in [0.5, 0.6) is 0 Å². The standard InChI is InChI=1S/C14H18N2O/c1-2-14(13(15)17,12-8-9-16-10-12)11-6-4-3-5-7-11/h2-7,12,16H,1,8-10H2,(H2,15,17). The molecule has 0 spiro atoms. The lowest BCUT2D eigenvalue weighted by atomic mass is 9.69. The van der Waals surface area contributed by atoms with Crippen LogP contribution in [0.1, 0.15) is 12.0 Å². The Hall–Kier alpha value is -1.61. The van der Waals surface area contributed by atoms with Crippen molar-refractivity contribution in [1.29, 1.82) is 0 Å². The fraction of sp³-hybridized carbons (Fsp3) is 0.357. The molecule has 1 saturated heterocycles. The predicted molar refractivity (Wildman–Crippen MR) is 68.5 cm³/mol. The minimum atomic E-state index is -0.745. The Morgan fingerprint density at radius 2 is 2.18 bits per heavy atom. The minimum Gasteiger partial charge on any atom is -0.369 e. The van der Waals surface area contributed by atoms with Crippen molar-refractivity contribution in [2.75, 3.05) is 13.1 Å². The molecule has 0 bridgehead atoms. The summed E-state index contributed by atoms with van der Waals surface area (Å²) >= 11 is 0. The van der Waals surface area contributed by atoms with Crippen molar-refractivity contribution >= 4 is 5.91 Å². The zero-order chi connectivity index (χ0) is 12.3. The largest absolute Gasteiger partial charge is 0.369 e. The van der Waals surface area contributed by atoms with E-state index in [-0.39, 0.29) is 11.8 Å². The van der Waals surface area contributed by atoms with Gasteiger partial charge in [0.05, 0.1) is 5.41 Å². The molecule has 2 rings (SSSR count). The topological polar surface area (TPSA) is 55.1 Å². The van der Waals surface area contributed by atoms with E-state index in [0.29, 0.717) is 0 Å². The van der Waals surface area contributed by atoms with E-state index in [9.17, 15) is 4.79 Å². The highest BCUT2D eigenvalue weighted by Gasteiger charge is 2.44. The van der Waals surface area contributed by atoms with Gasteiger partial charge in [-0.3, -0.25) is 4.79 Å². The van der Waals surface area contributed by atoms with Gasteiger partial charge in [-0.15, -0.1) is 6.58 Å². The molecule has 3 N–H and O–H groups in total. The molecule has 0 saturated carbocycles. The smallest absolute Gasteiger partial charge is 0.232 e. The van der Waals surface area contributed by atoms with Gasteiger partial charge < -0.3 is 11.1 Å². The fourth-order valence-electron chi connectivity index (χ4n) is 2.72. The van der Waals surface area contributed by atoms with Crippen LogP contribution in [-0.4, -0.2) is 19.0 Å². The molecule has 90 valence electrons. The summed E-state index contributed by atoms with van der Waals surface area (Å²) in [7, 11) is 0. The highest BCUT2D eigenvalue weighted by Crippen LogP contribution is 2.36. The molecule has 3 heteroatoms. The van der Waals surface area contributed by atoms with E-state index in [1.54, 1.807) is 6.08 Å². The number of benzene rings is 1. The van der Waals surface area contributed by atoms with Crippen LogP contribution in [0.15, 0.2) is 43.0 Å². The lowest BCUT2D eigenvalue weighted by molar-refractivity contribution is -0.123. The van der Waals surface area contributed by atoms with Crippen molar-refractivity contribution in [3.8, 4) is 0 Å². The van der Waals surface area contributed by atoms with Gasteiger partial charge in [0, 0.05) is 0 Å². The Morgan fingerprint density at radius 1 is 1.47 bits per heavy atom. The highest BCUT2D eigenvalue weighted by atomic mass is 16.1. The average Bonchev–Trinajstić information content (AvgIpc) is 2.86. The van der Waals surface area contributed by atoms with Crippen LogP contribution < -0.4 is 11.1 Å². The van der Waals surface area contributed by atoms with Crippen molar-refractivity contribution in [1.82, 2.24) is 5.32 Å². The van der Waals surface area contributed by atoms with Gasteiger partial charge in [-0.2, -0.15) is 0 Å². The van der Waals surface area contributed by atoms with E-state index in [0.717, 1.165) is 25.1 Å². The molecule has 3 nitrogen and oxygen atoms in total. The van der Waals surface area contributed by atoms with E-state index in [4.69, 9.17) is 5.73 Å². The van der Waals surface area contributed by atoms with E-state index in [2.05, 4.69) is 11.9 Å². The molecular weight excluding hydrogens is 212 g/mol. The van der Waals surface area contributed by atoms with Crippen LogP contribution >= 0.6 is 0 Å². The van der Waals surface area contributed by atoms with Gasteiger partial charge in [0.2, 0.25) is 5.91 Å². The first-order valence-electron chi connectivity index (χ1n) is 5.91. The van der Waals surface area contributed by atoms with Crippen molar-refractivity contribution < 1.29 is 4.79 Å². The molecule has 1 fully saturated rings. The Balaban J connectivity index is 2.49. The van der Waals surface area contributed by atoms with Crippen LogP contribution in [0.4, 0.5) is 0 Å². The second kappa shape index (κ2) is 4.72. The van der Waals surface area contributed by atoms with E-state index < -0.39 is 5.41 Å². The van der Waals surface area contributed by atoms with Crippen LogP contribution in [0.25, 0.3) is 0 Å². The number of primary amides is 1. The molecule has 17 heavy (non-hydrogen) atoms. The number of hydrogen-bond donors (Lipinski definition) is 2. The number of carbonyl (C=O) groups is 1. The first-order chi connectivity index (χ1) is 8.21. The second-order valence-corrected chi connectivity index (χ2v) is 4.49. The Bertz CT molecular complexity index is 409. The van der Waals surface area contributed by atoms with Crippen LogP contribution in [-0.2, 0) is 10.2 Å². The van der Waals surface area contributed by atoms with Gasteiger partial charge in [-0.05, 0) is 31.0 Å². The van der Waals surface area contributed by atoms with Gasteiger partial charge in [-0.1, -0.05) is 36.4 Å². The number of nitrogens with one attached hydrogen (secondary N) is 1. The molecule has 1 amide bonds. The summed E-state index contributed by atoms with van der Waals surface area (Å²) in [5, 5.41) is 3.28. The molecule has 1 aliphatic heterocycles. The lowest BCUT2D eigenvalue weighted by Crippen LogP contribution is -2.46. The number of nitrogens with two attached hydrogens (primary N) is 1. The van der Waals surface area contributed by atoms with Gasteiger partial charge in [0.15, 0.2) is 0 Å². The number of rotatable bonds is 4. The molecule has 0 aromatic heterocycles. The molecule has 0 aliphatic carbocycles. The second-order valence-electron chi connectivity index (χ2n) is 4.49. The first-order valence-corrected chi connectivity index (χ1v) is 5.91. The maximum absolute atomic E-state index is 12.0. The maximum atomic E-state index is 12.0. The molecular formula is C14H18N2O. The van der Waals surface area contributed by atoms with Crippen molar-refractivity contribution in [2.45, 2.75) is 11.8 Å². The van der Waals surface area contributed by atoms with Crippen molar-refractivity contribution in [2.24, 2.45) is 11.7 Å². The summed E-state index contributed by atoms with van der Waals surface area (Å²) in [6.45, 7) is 5.59. The number of hydrogen-bond acceptors (Lipinski definition) is 2. The molecule has 0 radical (unpaired) electrons. The minimum absolute atomic E-state index is 0.194. The van der Waals surface area contributed by atoms with Crippen LogP contribution in [0.3, 0.4) is 0 Å². The number of amides is 1. The average molecular weight is 230 g/mol. The van der Waals surface area contributed by atoms with Gasteiger partial charge >= 0.3 is 0 Å². The summed E-state index contributed by atoms with van der Waals surface area (Å²) in [6.07, 6.45) is 2.66. The van der Waals surface area contributed by atoms with Crippen LogP contribution in [0, 0.1) is 5.92 Å². The Kier molecular flexibility index (Phi) is 3.29. The zero-order valence-corrected chi connectivity index (χ0v) is 9.86. The summed E-state index contributed by atoms with van der Waals surface area (Å²) in [6, 6.07) is 9.69. The highest BCUT2D eigenvalue weighted by molar-refractivity contribution is 5.89. The van der Waals surface area contributed by atoms with E-state index in [1.165, 1.54) is 0 Å². The third-order valence-corrected chi connectivity index (χ3v) is 3.69. The third kappa shape index (κ3) is 1.87. The van der Waals surface area contributed by atoms with E-state index >= 15 is 0 Å². The summed E-state index contributed by atoms with van der Waals surface area (Å²) in [5.41, 5.74) is 5.85. The van der Waals surface area contributed by atoms with Gasteiger partial charge in [0.25, 0.3) is 0 Å². The van der Waals surface area contributed by atoms with E-state index in [1.807, 2.05) is 30.3 Å². The molecule has 2 atom stereocenters. The molecule has 1 aromatic rings. The predicted octanol–water partition coefficient (Wildman–Crippen LogP) is 1.21. The Labute approximate surface area is 102 Å². The molecule has 1 heterocycles. The zero-order valence-electron chi connectivity index (χ0n) is 9.86. The summed E-state index contributed by atoms with van der Waals surface area (Å²) in [4.78, 5) is 12.0. The quantitative estimate of drug-likeness (QED) is 0.764. The van der Waals surface area contributed by atoms with Gasteiger partial charge in [-0.25, -0.2) is 0 Å². The number of carbonyl (C=O) groups excluding carboxylic acids is 1. The normalized spacial score (nSPS) is 22.9. The third-order valence-electron chi connectivity index (χ3n) is 3.69. The fourth-order valence-corrected chi connectivity index (χ4v) is 2.72. The molecule has 2 unspecified atom stereocenters. The Morgan fingerprint density at radius 3 is 2.65 bits per heavy atom. The first kappa shape index (κ1) is 11.9.